The normalized spacial score (nSPS) is 9.75. The summed E-state index contributed by atoms with van der Waals surface area (Å²) in [4.78, 5) is 10.0. The molecule has 0 aliphatic carbocycles. The molecule has 72 valence electrons. The van der Waals surface area contributed by atoms with Crippen molar-refractivity contribution in [3.63, 3.8) is 0 Å². The van der Waals surface area contributed by atoms with Crippen molar-refractivity contribution in [2.75, 3.05) is 13.1 Å². The minimum atomic E-state index is -0.933. The lowest BCUT2D eigenvalue weighted by molar-refractivity contribution is 0.194. The summed E-state index contributed by atoms with van der Waals surface area (Å²) in [6.07, 6.45) is 4.46. The molecule has 0 aliphatic rings. The summed E-state index contributed by atoms with van der Waals surface area (Å²) in [7, 11) is 0. The highest BCUT2D eigenvalue weighted by Crippen LogP contribution is 2.00. The molecule has 4 heteroatoms. The molecule has 0 aliphatic heterocycles. The molecular formula is C8H18N2O2. The third-order valence-electron chi connectivity index (χ3n) is 1.66. The van der Waals surface area contributed by atoms with Gasteiger partial charge in [0.2, 0.25) is 0 Å². The standard InChI is InChI=1S/C8H18N2O2/c9-6-4-2-1-3-5-7-10-8(11)12/h10H,1-7,9H2,(H,11,12). The van der Waals surface area contributed by atoms with Crippen LogP contribution < -0.4 is 11.1 Å². The molecule has 0 fully saturated rings. The van der Waals surface area contributed by atoms with Gasteiger partial charge in [0.25, 0.3) is 0 Å². The van der Waals surface area contributed by atoms with E-state index in [1.165, 1.54) is 0 Å². The first kappa shape index (κ1) is 11.2. The predicted molar refractivity (Wildman–Crippen MR) is 48.2 cm³/mol. The van der Waals surface area contributed by atoms with Crippen LogP contribution in [0, 0.1) is 0 Å². The molecule has 0 rings (SSSR count). The van der Waals surface area contributed by atoms with E-state index in [2.05, 4.69) is 5.32 Å². The van der Waals surface area contributed by atoms with Gasteiger partial charge < -0.3 is 16.2 Å². The second kappa shape index (κ2) is 8.33. The first-order valence-electron chi connectivity index (χ1n) is 4.44. The van der Waals surface area contributed by atoms with Crippen LogP contribution in [0.2, 0.25) is 0 Å². The first-order chi connectivity index (χ1) is 5.77. The van der Waals surface area contributed by atoms with Crippen molar-refractivity contribution in [1.29, 1.82) is 0 Å². The number of amides is 1. The van der Waals surface area contributed by atoms with E-state index < -0.39 is 6.09 Å². The van der Waals surface area contributed by atoms with Crippen molar-refractivity contribution < 1.29 is 9.90 Å². The second-order valence-corrected chi connectivity index (χ2v) is 2.79. The average Bonchev–Trinajstić information content (AvgIpc) is 2.02. The molecule has 0 aromatic rings. The molecule has 0 saturated heterocycles. The van der Waals surface area contributed by atoms with E-state index >= 15 is 0 Å². The number of carboxylic acid groups (broad SMARTS) is 1. The molecule has 0 radical (unpaired) electrons. The molecule has 4 N–H and O–H groups in total. The van der Waals surface area contributed by atoms with Crippen molar-refractivity contribution in [1.82, 2.24) is 5.32 Å². The maximum atomic E-state index is 10.0. The molecule has 12 heavy (non-hydrogen) atoms. The largest absolute Gasteiger partial charge is 0.465 e. The monoisotopic (exact) mass is 174 g/mol. The fraction of sp³-hybridized carbons (Fsp3) is 0.875. The van der Waals surface area contributed by atoms with E-state index in [0.29, 0.717) is 6.54 Å². The molecule has 0 saturated carbocycles. The zero-order valence-electron chi connectivity index (χ0n) is 7.38. The van der Waals surface area contributed by atoms with Crippen molar-refractivity contribution in [3.05, 3.63) is 0 Å². The van der Waals surface area contributed by atoms with Gasteiger partial charge in [0.15, 0.2) is 0 Å². The molecule has 0 unspecified atom stereocenters. The zero-order chi connectivity index (χ0) is 9.23. The minimum Gasteiger partial charge on any atom is -0.465 e. The van der Waals surface area contributed by atoms with Crippen LogP contribution in [0.15, 0.2) is 0 Å². The Morgan fingerprint density at radius 3 is 2.33 bits per heavy atom. The van der Waals surface area contributed by atoms with E-state index in [4.69, 9.17) is 10.8 Å². The average molecular weight is 174 g/mol. The van der Waals surface area contributed by atoms with Crippen molar-refractivity contribution in [3.8, 4) is 0 Å². The molecule has 0 spiro atoms. The summed E-state index contributed by atoms with van der Waals surface area (Å²) in [6.45, 7) is 1.32. The summed E-state index contributed by atoms with van der Waals surface area (Å²) < 4.78 is 0. The van der Waals surface area contributed by atoms with Crippen LogP contribution in [0.4, 0.5) is 4.79 Å². The number of carbonyl (C=O) groups is 1. The van der Waals surface area contributed by atoms with Gasteiger partial charge in [-0.3, -0.25) is 0 Å². The topological polar surface area (TPSA) is 75.3 Å². The van der Waals surface area contributed by atoms with E-state index in [0.717, 1.165) is 38.6 Å². The second-order valence-electron chi connectivity index (χ2n) is 2.79. The van der Waals surface area contributed by atoms with Gasteiger partial charge >= 0.3 is 6.09 Å². The lowest BCUT2D eigenvalue weighted by atomic mass is 10.1. The number of hydrogen-bond acceptors (Lipinski definition) is 2. The Labute approximate surface area is 73.1 Å². The van der Waals surface area contributed by atoms with E-state index in [9.17, 15) is 4.79 Å². The predicted octanol–water partition coefficient (Wildman–Crippen LogP) is 1.16. The summed E-state index contributed by atoms with van der Waals surface area (Å²) in [5.41, 5.74) is 5.32. The SMILES string of the molecule is NCCCCCCCNC(=O)O. The molecule has 4 nitrogen and oxygen atoms in total. The Balaban J connectivity index is 2.86. The van der Waals surface area contributed by atoms with Gasteiger partial charge in [0.1, 0.15) is 0 Å². The molecule has 0 aromatic heterocycles. The van der Waals surface area contributed by atoms with E-state index in [1.54, 1.807) is 0 Å². The molecule has 0 aromatic carbocycles. The number of nitrogens with one attached hydrogen (secondary N) is 1. The number of unbranched alkanes of at least 4 members (excludes halogenated alkanes) is 4. The van der Waals surface area contributed by atoms with E-state index in [-0.39, 0.29) is 0 Å². The van der Waals surface area contributed by atoms with Gasteiger partial charge in [0.05, 0.1) is 0 Å². The molecule has 0 bridgehead atoms. The first-order valence-corrected chi connectivity index (χ1v) is 4.44. The summed E-state index contributed by atoms with van der Waals surface area (Å²) in [6, 6.07) is 0. The maximum Gasteiger partial charge on any atom is 0.404 e. The van der Waals surface area contributed by atoms with Gasteiger partial charge in [-0.25, -0.2) is 4.79 Å². The van der Waals surface area contributed by atoms with Crippen molar-refractivity contribution >= 4 is 6.09 Å². The fourth-order valence-corrected chi connectivity index (χ4v) is 0.995. The minimum absolute atomic E-state index is 0.567. The Kier molecular flexibility index (Phi) is 7.79. The van der Waals surface area contributed by atoms with Crippen LogP contribution in [-0.4, -0.2) is 24.3 Å². The van der Waals surface area contributed by atoms with Gasteiger partial charge in [-0.05, 0) is 19.4 Å². The Morgan fingerprint density at radius 1 is 1.17 bits per heavy atom. The van der Waals surface area contributed by atoms with Gasteiger partial charge in [-0.2, -0.15) is 0 Å². The number of hydrogen-bond donors (Lipinski definition) is 3. The van der Waals surface area contributed by atoms with Crippen molar-refractivity contribution in [2.45, 2.75) is 32.1 Å². The maximum absolute atomic E-state index is 10.0. The summed E-state index contributed by atoms with van der Waals surface area (Å²) in [5, 5.41) is 10.6. The van der Waals surface area contributed by atoms with Crippen LogP contribution in [0.25, 0.3) is 0 Å². The van der Waals surface area contributed by atoms with Gasteiger partial charge in [-0.15, -0.1) is 0 Å². The Hall–Kier alpha value is -0.770. The van der Waals surface area contributed by atoms with E-state index in [1.807, 2.05) is 0 Å². The molecule has 0 heterocycles. The Morgan fingerprint density at radius 2 is 1.75 bits per heavy atom. The van der Waals surface area contributed by atoms with Crippen LogP contribution >= 0.6 is 0 Å². The molecule has 1 amide bonds. The summed E-state index contributed by atoms with van der Waals surface area (Å²) in [5.74, 6) is 0. The lowest BCUT2D eigenvalue weighted by Gasteiger charge is -2.00. The quantitative estimate of drug-likeness (QED) is 0.507. The summed E-state index contributed by atoms with van der Waals surface area (Å²) >= 11 is 0. The number of rotatable bonds is 7. The lowest BCUT2D eigenvalue weighted by Crippen LogP contribution is -2.21. The number of nitrogens with two attached hydrogens (primary N) is 1. The molecule has 0 atom stereocenters. The van der Waals surface area contributed by atoms with Gasteiger partial charge in [-0.1, -0.05) is 19.3 Å². The fourth-order valence-electron chi connectivity index (χ4n) is 0.995. The highest BCUT2D eigenvalue weighted by molar-refractivity contribution is 5.64. The smallest absolute Gasteiger partial charge is 0.404 e. The highest BCUT2D eigenvalue weighted by atomic mass is 16.4. The third-order valence-corrected chi connectivity index (χ3v) is 1.66. The van der Waals surface area contributed by atoms with Crippen molar-refractivity contribution in [2.24, 2.45) is 5.73 Å². The van der Waals surface area contributed by atoms with Crippen LogP contribution in [-0.2, 0) is 0 Å². The van der Waals surface area contributed by atoms with Crippen LogP contribution in [0.3, 0.4) is 0 Å². The Bertz CT molecular complexity index is 118. The van der Waals surface area contributed by atoms with Crippen LogP contribution in [0.5, 0.6) is 0 Å². The third kappa shape index (κ3) is 9.23. The molecular weight excluding hydrogens is 156 g/mol. The zero-order valence-corrected chi connectivity index (χ0v) is 7.38. The highest BCUT2D eigenvalue weighted by Gasteiger charge is 1.92. The van der Waals surface area contributed by atoms with Gasteiger partial charge in [0, 0.05) is 6.54 Å². The van der Waals surface area contributed by atoms with Crippen LogP contribution in [0.1, 0.15) is 32.1 Å².